The lowest BCUT2D eigenvalue weighted by molar-refractivity contribution is 0.590. The zero-order chi connectivity index (χ0) is 7.56. The summed E-state index contributed by atoms with van der Waals surface area (Å²) in [6.45, 7) is 1.94. The Balaban J connectivity index is 2.68. The fraction of sp³-hybridized carbons (Fsp3) is 0.500. The van der Waals surface area contributed by atoms with Gasteiger partial charge in [0.1, 0.15) is 5.83 Å². The number of hydrogen-bond acceptors (Lipinski definition) is 1. The summed E-state index contributed by atoms with van der Waals surface area (Å²) in [7, 11) is 1.89. The highest BCUT2D eigenvalue weighted by atomic mass is 19.1. The second-order valence-corrected chi connectivity index (χ2v) is 2.55. The third kappa shape index (κ3) is 1.45. The first kappa shape index (κ1) is 7.48. The Hall–Kier alpha value is -0.630. The molecule has 0 radical (unpaired) electrons. The lowest BCUT2D eigenvalue weighted by Crippen LogP contribution is -2.26. The summed E-state index contributed by atoms with van der Waals surface area (Å²) in [6.07, 6.45) is 3.95. The maximum absolute atomic E-state index is 12.5. The largest absolute Gasteiger partial charge is 0.313 e. The summed E-state index contributed by atoms with van der Waals surface area (Å²) < 4.78 is 12.5. The van der Waals surface area contributed by atoms with Crippen molar-refractivity contribution in [1.82, 2.24) is 5.32 Å². The van der Waals surface area contributed by atoms with Gasteiger partial charge in [0, 0.05) is 6.04 Å². The first-order chi connectivity index (χ1) is 4.74. The highest BCUT2D eigenvalue weighted by molar-refractivity contribution is 5.26. The predicted molar refractivity (Wildman–Crippen MR) is 40.4 cm³/mol. The molecule has 0 spiro atoms. The van der Waals surface area contributed by atoms with E-state index in [2.05, 4.69) is 5.32 Å². The monoisotopic (exact) mass is 141 g/mol. The Morgan fingerprint density at radius 3 is 2.90 bits per heavy atom. The molecule has 0 fully saturated rings. The standard InChI is InChI=1S/C8H12FN/c1-6-5-7(9)3-4-8(6)10-2/h3,5,8,10H,4H2,1-2H3. The molecule has 0 heterocycles. The van der Waals surface area contributed by atoms with Gasteiger partial charge in [-0.3, -0.25) is 0 Å². The van der Waals surface area contributed by atoms with E-state index in [-0.39, 0.29) is 5.83 Å². The van der Waals surface area contributed by atoms with E-state index >= 15 is 0 Å². The van der Waals surface area contributed by atoms with E-state index < -0.39 is 0 Å². The van der Waals surface area contributed by atoms with E-state index in [0.29, 0.717) is 6.04 Å². The van der Waals surface area contributed by atoms with Gasteiger partial charge in [-0.15, -0.1) is 0 Å². The average Bonchev–Trinajstić information content (AvgIpc) is 1.88. The van der Waals surface area contributed by atoms with Crippen molar-refractivity contribution in [3.8, 4) is 0 Å². The number of rotatable bonds is 1. The average molecular weight is 141 g/mol. The van der Waals surface area contributed by atoms with Crippen LogP contribution in [0.2, 0.25) is 0 Å². The maximum atomic E-state index is 12.5. The molecule has 0 amide bonds. The van der Waals surface area contributed by atoms with Crippen molar-refractivity contribution in [1.29, 1.82) is 0 Å². The third-order valence-corrected chi connectivity index (χ3v) is 1.81. The first-order valence-electron chi connectivity index (χ1n) is 3.45. The van der Waals surface area contributed by atoms with Crippen LogP contribution in [0.5, 0.6) is 0 Å². The van der Waals surface area contributed by atoms with Crippen LogP contribution in [0.1, 0.15) is 13.3 Å². The molecule has 1 unspecified atom stereocenters. The number of halogens is 1. The molecule has 1 aliphatic rings. The molecule has 1 nitrogen and oxygen atoms in total. The number of allylic oxidation sites excluding steroid dienone is 2. The van der Waals surface area contributed by atoms with Gasteiger partial charge in [-0.25, -0.2) is 4.39 Å². The van der Waals surface area contributed by atoms with Crippen molar-refractivity contribution in [2.24, 2.45) is 0 Å². The van der Waals surface area contributed by atoms with Crippen molar-refractivity contribution in [3.63, 3.8) is 0 Å². The quantitative estimate of drug-likeness (QED) is 0.587. The molecule has 1 aliphatic carbocycles. The van der Waals surface area contributed by atoms with Crippen molar-refractivity contribution in [3.05, 3.63) is 23.6 Å². The Bertz CT molecular complexity index is 182. The van der Waals surface area contributed by atoms with E-state index in [1.807, 2.05) is 14.0 Å². The number of hydrogen-bond donors (Lipinski definition) is 1. The Morgan fingerprint density at radius 2 is 2.40 bits per heavy atom. The van der Waals surface area contributed by atoms with Gasteiger partial charge in [-0.2, -0.15) is 0 Å². The minimum absolute atomic E-state index is 0.107. The third-order valence-electron chi connectivity index (χ3n) is 1.81. The van der Waals surface area contributed by atoms with Gasteiger partial charge in [0.05, 0.1) is 0 Å². The molecule has 0 aromatic rings. The molecule has 56 valence electrons. The zero-order valence-electron chi connectivity index (χ0n) is 6.32. The van der Waals surface area contributed by atoms with Crippen LogP contribution in [0.15, 0.2) is 23.6 Å². The highest BCUT2D eigenvalue weighted by Gasteiger charge is 2.11. The molecule has 0 aliphatic heterocycles. The first-order valence-corrected chi connectivity index (χ1v) is 3.45. The summed E-state index contributed by atoms with van der Waals surface area (Å²) >= 11 is 0. The lowest BCUT2D eigenvalue weighted by atomic mass is 10.0. The lowest BCUT2D eigenvalue weighted by Gasteiger charge is -2.17. The fourth-order valence-corrected chi connectivity index (χ4v) is 1.14. The highest BCUT2D eigenvalue weighted by Crippen LogP contribution is 2.17. The fourth-order valence-electron chi connectivity index (χ4n) is 1.14. The predicted octanol–water partition coefficient (Wildman–Crippen LogP) is 1.78. The van der Waals surface area contributed by atoms with Crippen LogP contribution in [0.25, 0.3) is 0 Å². The van der Waals surface area contributed by atoms with Crippen LogP contribution >= 0.6 is 0 Å². The Kier molecular flexibility index (Phi) is 2.22. The normalized spacial score (nSPS) is 25.7. The summed E-state index contributed by atoms with van der Waals surface area (Å²) in [5.41, 5.74) is 1.07. The van der Waals surface area contributed by atoms with Crippen LogP contribution in [0.3, 0.4) is 0 Å². The van der Waals surface area contributed by atoms with E-state index in [1.54, 1.807) is 12.2 Å². The van der Waals surface area contributed by atoms with E-state index in [0.717, 1.165) is 12.0 Å². The second-order valence-electron chi connectivity index (χ2n) is 2.55. The molecule has 2 heteroatoms. The van der Waals surface area contributed by atoms with Crippen LogP contribution in [0, 0.1) is 0 Å². The molecule has 1 N–H and O–H groups in total. The minimum Gasteiger partial charge on any atom is -0.313 e. The van der Waals surface area contributed by atoms with Gasteiger partial charge in [0.15, 0.2) is 0 Å². The Morgan fingerprint density at radius 1 is 1.70 bits per heavy atom. The maximum Gasteiger partial charge on any atom is 0.119 e. The summed E-state index contributed by atoms with van der Waals surface area (Å²) in [6, 6.07) is 0.333. The van der Waals surface area contributed by atoms with E-state index in [9.17, 15) is 4.39 Å². The topological polar surface area (TPSA) is 12.0 Å². The molecule has 0 aromatic carbocycles. The molecule has 0 bridgehead atoms. The van der Waals surface area contributed by atoms with Crippen molar-refractivity contribution >= 4 is 0 Å². The van der Waals surface area contributed by atoms with Crippen molar-refractivity contribution in [2.75, 3.05) is 7.05 Å². The van der Waals surface area contributed by atoms with E-state index in [1.165, 1.54) is 0 Å². The van der Waals surface area contributed by atoms with Gasteiger partial charge < -0.3 is 5.32 Å². The summed E-state index contributed by atoms with van der Waals surface area (Å²) in [5, 5.41) is 3.09. The van der Waals surface area contributed by atoms with Crippen LogP contribution in [-0.4, -0.2) is 13.1 Å². The SMILES string of the molecule is CNC1CC=C(F)C=C1C. The van der Waals surface area contributed by atoms with E-state index in [4.69, 9.17) is 0 Å². The van der Waals surface area contributed by atoms with Gasteiger partial charge >= 0.3 is 0 Å². The van der Waals surface area contributed by atoms with Gasteiger partial charge in [0.25, 0.3) is 0 Å². The van der Waals surface area contributed by atoms with Crippen molar-refractivity contribution in [2.45, 2.75) is 19.4 Å². The summed E-state index contributed by atoms with van der Waals surface area (Å²) in [5.74, 6) is -0.107. The number of likely N-dealkylation sites (N-methyl/N-ethyl adjacent to an activating group) is 1. The Labute approximate surface area is 60.6 Å². The molecule has 0 saturated heterocycles. The van der Waals surface area contributed by atoms with Crippen molar-refractivity contribution < 1.29 is 4.39 Å². The van der Waals surface area contributed by atoms with Crippen LogP contribution < -0.4 is 5.32 Å². The molecule has 1 rings (SSSR count). The molecule has 10 heavy (non-hydrogen) atoms. The second kappa shape index (κ2) is 2.97. The molecule has 1 atom stereocenters. The molecule has 0 saturated carbocycles. The van der Waals surface area contributed by atoms with Crippen LogP contribution in [0.4, 0.5) is 4.39 Å². The van der Waals surface area contributed by atoms with Crippen LogP contribution in [-0.2, 0) is 0 Å². The van der Waals surface area contributed by atoms with Gasteiger partial charge in [-0.05, 0) is 32.5 Å². The van der Waals surface area contributed by atoms with Gasteiger partial charge in [-0.1, -0.05) is 5.57 Å². The smallest absolute Gasteiger partial charge is 0.119 e. The molecular weight excluding hydrogens is 129 g/mol. The molecular formula is C8H12FN. The van der Waals surface area contributed by atoms with Gasteiger partial charge in [0.2, 0.25) is 0 Å². The zero-order valence-corrected chi connectivity index (χ0v) is 6.32. The molecule has 0 aromatic heterocycles. The number of nitrogens with one attached hydrogen (secondary N) is 1. The minimum atomic E-state index is -0.107. The summed E-state index contributed by atoms with van der Waals surface area (Å²) in [4.78, 5) is 0.